The number of imide groups is 1. The monoisotopic (exact) mass is 446 g/mol. The number of fused-ring (bicyclic) bond motifs is 2. The lowest BCUT2D eigenvalue weighted by molar-refractivity contribution is -0.136. The van der Waals surface area contributed by atoms with E-state index in [2.05, 4.69) is 10.3 Å². The third-order valence-corrected chi connectivity index (χ3v) is 6.19. The molecule has 0 spiro atoms. The van der Waals surface area contributed by atoms with Gasteiger partial charge in [-0.3, -0.25) is 24.5 Å². The summed E-state index contributed by atoms with van der Waals surface area (Å²) < 4.78 is 10.5. The van der Waals surface area contributed by atoms with Crippen LogP contribution in [-0.2, 0) is 16.1 Å². The van der Waals surface area contributed by atoms with Gasteiger partial charge >= 0.3 is 0 Å². The molecule has 3 N–H and O–H groups in total. The first-order valence-electron chi connectivity index (χ1n) is 11.1. The fourth-order valence-electron chi connectivity index (χ4n) is 4.63. The molecule has 9 heteroatoms. The molecule has 2 aliphatic rings. The molecule has 1 unspecified atom stereocenters. The molecule has 1 fully saturated rings. The lowest BCUT2D eigenvalue weighted by Crippen LogP contribution is -2.52. The molecule has 0 bridgehead atoms. The number of piperidine rings is 1. The van der Waals surface area contributed by atoms with Gasteiger partial charge < -0.3 is 15.2 Å². The van der Waals surface area contributed by atoms with Gasteiger partial charge in [-0.15, -0.1) is 0 Å². The summed E-state index contributed by atoms with van der Waals surface area (Å²) in [5.74, 6) is -1.61. The highest BCUT2D eigenvalue weighted by molar-refractivity contribution is 6.05. The van der Waals surface area contributed by atoms with Crippen molar-refractivity contribution in [1.82, 2.24) is 19.8 Å². The minimum absolute atomic E-state index is 0.195. The van der Waals surface area contributed by atoms with Gasteiger partial charge in [0.1, 0.15) is 11.7 Å². The van der Waals surface area contributed by atoms with Crippen molar-refractivity contribution in [2.45, 2.75) is 45.3 Å². The molecule has 1 atom stereocenters. The number of pyridine rings is 1. The number of nitrogens with zero attached hydrogens (tertiary/aromatic N) is 3. The largest absolute Gasteiger partial charge is 0.366 e. The van der Waals surface area contributed by atoms with Gasteiger partial charge in [0.05, 0.1) is 12.6 Å². The van der Waals surface area contributed by atoms with Crippen LogP contribution in [0.15, 0.2) is 36.5 Å². The van der Waals surface area contributed by atoms with Gasteiger partial charge in [-0.25, -0.2) is 4.98 Å². The van der Waals surface area contributed by atoms with Crippen molar-refractivity contribution in [3.8, 4) is 11.3 Å². The summed E-state index contributed by atoms with van der Waals surface area (Å²) in [5.41, 5.74) is 8.98. The standard InChI is InChI=1S/C24H23N5O4/c1-12(2)29-19(9-14-8-15(21(25)31)10-26-22(14)29)13-3-4-17-16(7-13)11-28(24(17)33)18-5-6-20(30)27-23(18)32/h3-4,7-10,12,18H,5-6,11H2,1-2H3,(H2,25,31)(H,27,30,32)/i12D. The number of carbonyl (C=O) groups is 4. The minimum Gasteiger partial charge on any atom is -0.366 e. The van der Waals surface area contributed by atoms with Gasteiger partial charge in [0.15, 0.2) is 0 Å². The molecule has 33 heavy (non-hydrogen) atoms. The Kier molecular flexibility index (Phi) is 4.49. The summed E-state index contributed by atoms with van der Waals surface area (Å²) in [6, 6.07) is 7.16. The predicted octanol–water partition coefficient (Wildman–Crippen LogP) is 2.14. The molecule has 0 radical (unpaired) electrons. The number of carbonyl (C=O) groups excluding carboxylic acids is 4. The third kappa shape index (κ3) is 3.36. The Morgan fingerprint density at radius 2 is 2.03 bits per heavy atom. The van der Waals surface area contributed by atoms with E-state index in [1.54, 1.807) is 36.6 Å². The molecule has 0 aliphatic carbocycles. The molecule has 4 amide bonds. The summed E-state index contributed by atoms with van der Waals surface area (Å²) in [4.78, 5) is 54.3. The van der Waals surface area contributed by atoms with Gasteiger partial charge in [0, 0.05) is 36.1 Å². The van der Waals surface area contributed by atoms with Crippen molar-refractivity contribution in [1.29, 1.82) is 0 Å². The Hall–Kier alpha value is -4.01. The molecule has 2 aromatic heterocycles. The molecule has 3 aromatic rings. The van der Waals surface area contributed by atoms with Crippen molar-refractivity contribution >= 4 is 34.7 Å². The second-order valence-electron chi connectivity index (χ2n) is 8.59. The van der Waals surface area contributed by atoms with Crippen LogP contribution in [0.2, 0.25) is 0 Å². The first kappa shape index (κ1) is 19.7. The predicted molar refractivity (Wildman–Crippen MR) is 120 cm³/mol. The molecule has 0 saturated carbocycles. The van der Waals surface area contributed by atoms with E-state index in [1.165, 1.54) is 11.1 Å². The average molecular weight is 446 g/mol. The zero-order valence-electron chi connectivity index (χ0n) is 19.2. The highest BCUT2D eigenvalue weighted by atomic mass is 16.2. The summed E-state index contributed by atoms with van der Waals surface area (Å²) in [7, 11) is 0. The van der Waals surface area contributed by atoms with E-state index in [9.17, 15) is 19.2 Å². The molecule has 168 valence electrons. The fourth-order valence-corrected chi connectivity index (χ4v) is 4.63. The van der Waals surface area contributed by atoms with Gasteiger partial charge in [-0.1, -0.05) is 6.07 Å². The van der Waals surface area contributed by atoms with Crippen LogP contribution in [0.5, 0.6) is 0 Å². The van der Waals surface area contributed by atoms with E-state index in [4.69, 9.17) is 7.10 Å². The van der Waals surface area contributed by atoms with Gasteiger partial charge in [0.25, 0.3) is 5.91 Å². The van der Waals surface area contributed by atoms with Gasteiger partial charge in [0.2, 0.25) is 17.7 Å². The van der Waals surface area contributed by atoms with Crippen LogP contribution in [0.3, 0.4) is 0 Å². The lowest BCUT2D eigenvalue weighted by atomic mass is 10.0. The average Bonchev–Trinajstić information content (AvgIpc) is 3.31. The number of benzene rings is 1. The number of rotatable bonds is 4. The number of nitrogens with one attached hydrogen (secondary N) is 1. The second-order valence-corrected chi connectivity index (χ2v) is 8.59. The number of aromatic nitrogens is 2. The normalized spacial score (nSPS) is 19.0. The quantitative estimate of drug-likeness (QED) is 0.594. The third-order valence-electron chi connectivity index (χ3n) is 6.19. The number of nitrogens with two attached hydrogens (primary N) is 1. The summed E-state index contributed by atoms with van der Waals surface area (Å²) >= 11 is 0. The summed E-state index contributed by atoms with van der Waals surface area (Å²) in [6.07, 6.45) is 1.89. The molecule has 5 rings (SSSR count). The maximum absolute atomic E-state index is 13.0. The van der Waals surface area contributed by atoms with Gasteiger partial charge in [-0.05, 0) is 55.7 Å². The Bertz CT molecular complexity index is 1400. The topological polar surface area (TPSA) is 127 Å². The van der Waals surface area contributed by atoms with E-state index in [0.29, 0.717) is 28.7 Å². The minimum atomic E-state index is -1.06. The van der Waals surface area contributed by atoms with Crippen LogP contribution >= 0.6 is 0 Å². The van der Waals surface area contributed by atoms with Crippen molar-refractivity contribution in [2.75, 3.05) is 0 Å². The first-order valence-corrected chi connectivity index (χ1v) is 10.6. The summed E-state index contributed by atoms with van der Waals surface area (Å²) in [6.45, 7) is 3.73. The first-order chi connectivity index (χ1) is 16.0. The van der Waals surface area contributed by atoms with Crippen LogP contribution < -0.4 is 11.1 Å². The fraction of sp³-hybridized carbons (Fsp3) is 0.292. The van der Waals surface area contributed by atoms with Crippen LogP contribution in [-0.4, -0.2) is 44.1 Å². The zero-order chi connectivity index (χ0) is 24.4. The highest BCUT2D eigenvalue weighted by Gasteiger charge is 2.39. The van der Waals surface area contributed by atoms with Crippen LogP contribution in [0.25, 0.3) is 22.3 Å². The zero-order valence-corrected chi connectivity index (χ0v) is 18.2. The Labute approximate surface area is 191 Å². The van der Waals surface area contributed by atoms with E-state index in [1.807, 2.05) is 12.1 Å². The lowest BCUT2D eigenvalue weighted by Gasteiger charge is -2.29. The smallest absolute Gasteiger partial charge is 0.255 e. The van der Waals surface area contributed by atoms with Crippen molar-refractivity contribution in [3.63, 3.8) is 0 Å². The molecule has 9 nitrogen and oxygen atoms in total. The number of amides is 4. The van der Waals surface area contributed by atoms with Crippen LogP contribution in [0, 0.1) is 0 Å². The number of hydrogen-bond donors (Lipinski definition) is 2. The number of hydrogen-bond acceptors (Lipinski definition) is 5. The second kappa shape index (κ2) is 7.54. The molecule has 1 aromatic carbocycles. The van der Waals surface area contributed by atoms with E-state index < -0.39 is 23.9 Å². The van der Waals surface area contributed by atoms with Crippen molar-refractivity contribution in [2.24, 2.45) is 5.73 Å². The van der Waals surface area contributed by atoms with Crippen LogP contribution in [0.4, 0.5) is 0 Å². The van der Waals surface area contributed by atoms with Crippen LogP contribution in [0.1, 0.15) is 60.4 Å². The van der Waals surface area contributed by atoms with Crippen molar-refractivity contribution in [3.05, 3.63) is 53.2 Å². The Balaban J connectivity index is 1.57. The maximum atomic E-state index is 13.0. The van der Waals surface area contributed by atoms with E-state index in [0.717, 1.165) is 11.1 Å². The molecular formula is C24H23N5O4. The summed E-state index contributed by atoms with van der Waals surface area (Å²) in [5, 5.41) is 2.98. The maximum Gasteiger partial charge on any atom is 0.255 e. The van der Waals surface area contributed by atoms with Gasteiger partial charge in [-0.2, -0.15) is 0 Å². The molecular weight excluding hydrogens is 422 g/mol. The highest BCUT2D eigenvalue weighted by Crippen LogP contribution is 2.35. The Morgan fingerprint density at radius 1 is 1.24 bits per heavy atom. The SMILES string of the molecule is [2H]C(C)(C)n1c(-c2ccc3c(c2)CN(C2CCC(=O)NC2=O)C3=O)cc2cc(C(N)=O)cnc21. The van der Waals surface area contributed by atoms with E-state index in [-0.39, 0.29) is 30.3 Å². The Morgan fingerprint density at radius 3 is 2.73 bits per heavy atom. The molecule has 1 saturated heterocycles. The van der Waals surface area contributed by atoms with Crippen molar-refractivity contribution < 1.29 is 20.5 Å². The molecule has 2 aliphatic heterocycles. The van der Waals surface area contributed by atoms with E-state index >= 15 is 0 Å². The molecule has 4 heterocycles. The number of primary amides is 1.